The molecular weight excluding hydrogens is 364 g/mol. The van der Waals surface area contributed by atoms with E-state index in [9.17, 15) is 14.9 Å². The van der Waals surface area contributed by atoms with Crippen molar-refractivity contribution in [3.8, 4) is 0 Å². The second-order valence-corrected chi connectivity index (χ2v) is 5.33. The summed E-state index contributed by atoms with van der Waals surface area (Å²) in [6.07, 6.45) is 0. The van der Waals surface area contributed by atoms with Crippen LogP contribution in [0.1, 0.15) is 10.4 Å². The van der Waals surface area contributed by atoms with E-state index in [1.54, 1.807) is 18.2 Å². The molecule has 0 saturated carbocycles. The fourth-order valence-electron chi connectivity index (χ4n) is 1.66. The van der Waals surface area contributed by atoms with Crippen molar-refractivity contribution < 1.29 is 14.8 Å². The molecule has 8 heteroatoms. The van der Waals surface area contributed by atoms with Gasteiger partial charge in [0.15, 0.2) is 0 Å². The number of nitro groups is 1. The third kappa shape index (κ3) is 3.50. The Morgan fingerprint density at radius 1 is 1.24 bits per heavy atom. The maximum Gasteiger partial charge on any atom is 0.335 e. The lowest BCUT2D eigenvalue weighted by Crippen LogP contribution is -2.02. The van der Waals surface area contributed by atoms with E-state index in [1.165, 1.54) is 12.1 Å². The smallest absolute Gasteiger partial charge is 0.335 e. The zero-order valence-corrected chi connectivity index (χ0v) is 12.7. The summed E-state index contributed by atoms with van der Waals surface area (Å²) in [4.78, 5) is 21.3. The maximum atomic E-state index is 11.1. The van der Waals surface area contributed by atoms with Crippen LogP contribution in [0.4, 0.5) is 17.1 Å². The highest BCUT2D eigenvalue weighted by Crippen LogP contribution is 2.33. The summed E-state index contributed by atoms with van der Waals surface area (Å²) in [5, 5.41) is 23.3. The summed E-state index contributed by atoms with van der Waals surface area (Å²) in [6, 6.07) is 8.59. The minimum Gasteiger partial charge on any atom is -0.478 e. The largest absolute Gasteiger partial charge is 0.478 e. The van der Waals surface area contributed by atoms with E-state index in [0.717, 1.165) is 6.07 Å². The fraction of sp³-hybridized carbons (Fsp3) is 0. The molecule has 0 aliphatic rings. The predicted octanol–water partition coefficient (Wildman–Crippen LogP) is 4.45. The number of anilines is 2. The van der Waals surface area contributed by atoms with Crippen molar-refractivity contribution in [2.75, 3.05) is 5.32 Å². The number of nitrogens with one attached hydrogen (secondary N) is 1. The lowest BCUT2D eigenvalue weighted by atomic mass is 10.1. The highest BCUT2D eigenvalue weighted by atomic mass is 79.9. The van der Waals surface area contributed by atoms with Crippen molar-refractivity contribution in [2.45, 2.75) is 0 Å². The van der Waals surface area contributed by atoms with E-state index < -0.39 is 10.9 Å². The van der Waals surface area contributed by atoms with Crippen LogP contribution in [0.15, 0.2) is 40.9 Å². The van der Waals surface area contributed by atoms with Gasteiger partial charge in [-0.25, -0.2) is 4.79 Å². The van der Waals surface area contributed by atoms with Gasteiger partial charge in [-0.3, -0.25) is 10.1 Å². The van der Waals surface area contributed by atoms with Crippen molar-refractivity contribution in [3.63, 3.8) is 0 Å². The Bertz CT molecular complexity index is 736. The van der Waals surface area contributed by atoms with Gasteiger partial charge in [0, 0.05) is 15.6 Å². The molecule has 0 bridgehead atoms. The zero-order valence-electron chi connectivity index (χ0n) is 10.3. The average Bonchev–Trinajstić information content (AvgIpc) is 2.42. The molecule has 108 valence electrons. The molecule has 0 spiro atoms. The maximum absolute atomic E-state index is 11.1. The van der Waals surface area contributed by atoms with Gasteiger partial charge in [0.2, 0.25) is 0 Å². The third-order valence-corrected chi connectivity index (χ3v) is 3.57. The monoisotopic (exact) mass is 370 g/mol. The number of nitrogens with zero attached hydrogens (tertiary/aromatic N) is 1. The molecule has 0 fully saturated rings. The van der Waals surface area contributed by atoms with E-state index in [2.05, 4.69) is 21.2 Å². The van der Waals surface area contributed by atoms with Gasteiger partial charge >= 0.3 is 5.97 Å². The van der Waals surface area contributed by atoms with Gasteiger partial charge in [0.25, 0.3) is 5.69 Å². The van der Waals surface area contributed by atoms with Crippen molar-refractivity contribution in [1.82, 2.24) is 0 Å². The minimum atomic E-state index is -1.23. The summed E-state index contributed by atoms with van der Waals surface area (Å²) in [5.41, 5.74) is 0.223. The minimum absolute atomic E-state index is 0.155. The quantitative estimate of drug-likeness (QED) is 0.612. The van der Waals surface area contributed by atoms with Gasteiger partial charge in [-0.15, -0.1) is 0 Å². The molecule has 0 atom stereocenters. The molecule has 0 saturated heterocycles. The van der Waals surface area contributed by atoms with Gasteiger partial charge in [-0.1, -0.05) is 11.6 Å². The van der Waals surface area contributed by atoms with Gasteiger partial charge in [-0.05, 0) is 46.3 Å². The fourth-order valence-corrected chi connectivity index (χ4v) is 2.18. The molecular formula is C13H8BrClN2O4. The van der Waals surface area contributed by atoms with Gasteiger partial charge in [-0.2, -0.15) is 0 Å². The standard InChI is InChI=1S/C13H8BrClN2O4/c14-9-3-2-8(15)6-11(9)16-10-4-1-7(13(18)19)5-12(10)17(20)21/h1-6,16H,(H,18,19). The molecule has 21 heavy (non-hydrogen) atoms. The summed E-state index contributed by atoms with van der Waals surface area (Å²) in [5.74, 6) is -1.23. The SMILES string of the molecule is O=C(O)c1ccc(Nc2cc(Cl)ccc2Br)c([N+](=O)[O-])c1. The lowest BCUT2D eigenvalue weighted by molar-refractivity contribution is -0.383. The van der Waals surface area contributed by atoms with Crippen LogP contribution < -0.4 is 5.32 Å². The van der Waals surface area contributed by atoms with Crippen molar-refractivity contribution >= 4 is 50.6 Å². The van der Waals surface area contributed by atoms with Crippen LogP contribution >= 0.6 is 27.5 Å². The third-order valence-electron chi connectivity index (χ3n) is 2.64. The molecule has 0 amide bonds. The molecule has 0 aromatic heterocycles. The van der Waals surface area contributed by atoms with Crippen LogP contribution in [0, 0.1) is 10.1 Å². The Morgan fingerprint density at radius 3 is 2.57 bits per heavy atom. The van der Waals surface area contributed by atoms with E-state index in [1.807, 2.05) is 0 Å². The van der Waals surface area contributed by atoms with Crippen molar-refractivity contribution in [3.05, 3.63) is 61.6 Å². The topological polar surface area (TPSA) is 92.5 Å². The first-order chi connectivity index (χ1) is 9.88. The first-order valence-corrected chi connectivity index (χ1v) is 6.79. The molecule has 0 aliphatic carbocycles. The number of carboxylic acid groups (broad SMARTS) is 1. The van der Waals surface area contributed by atoms with Gasteiger partial charge < -0.3 is 10.4 Å². The normalized spacial score (nSPS) is 10.2. The number of benzene rings is 2. The molecule has 0 radical (unpaired) electrons. The number of hydrogen-bond acceptors (Lipinski definition) is 4. The van der Waals surface area contributed by atoms with Crippen LogP contribution in [0.25, 0.3) is 0 Å². The second-order valence-electron chi connectivity index (χ2n) is 4.04. The molecule has 2 aromatic rings. The van der Waals surface area contributed by atoms with E-state index in [0.29, 0.717) is 15.2 Å². The highest BCUT2D eigenvalue weighted by molar-refractivity contribution is 9.10. The molecule has 0 aliphatic heterocycles. The number of carbonyl (C=O) groups is 1. The Morgan fingerprint density at radius 2 is 1.95 bits per heavy atom. The summed E-state index contributed by atoms with van der Waals surface area (Å²) in [7, 11) is 0. The van der Waals surface area contributed by atoms with Crippen LogP contribution in [0.5, 0.6) is 0 Å². The second kappa shape index (κ2) is 6.11. The van der Waals surface area contributed by atoms with Crippen molar-refractivity contribution in [2.24, 2.45) is 0 Å². The van der Waals surface area contributed by atoms with Crippen LogP contribution in [-0.4, -0.2) is 16.0 Å². The number of carboxylic acids is 1. The number of hydrogen-bond donors (Lipinski definition) is 2. The van der Waals surface area contributed by atoms with Crippen LogP contribution in [0.2, 0.25) is 5.02 Å². The first-order valence-electron chi connectivity index (χ1n) is 5.62. The van der Waals surface area contributed by atoms with Crippen molar-refractivity contribution in [1.29, 1.82) is 0 Å². The molecule has 0 unspecified atom stereocenters. The molecule has 6 nitrogen and oxygen atoms in total. The number of aromatic carboxylic acids is 1. The highest BCUT2D eigenvalue weighted by Gasteiger charge is 2.18. The predicted molar refractivity (Wildman–Crippen MR) is 82.5 cm³/mol. The molecule has 2 rings (SSSR count). The van der Waals surface area contributed by atoms with Gasteiger partial charge in [0.05, 0.1) is 16.2 Å². The zero-order chi connectivity index (χ0) is 15.6. The molecule has 0 heterocycles. The van der Waals surface area contributed by atoms with Crippen LogP contribution in [0.3, 0.4) is 0 Å². The van der Waals surface area contributed by atoms with E-state index in [4.69, 9.17) is 16.7 Å². The summed E-state index contributed by atoms with van der Waals surface area (Å²) in [6.45, 7) is 0. The first kappa shape index (κ1) is 15.3. The Hall–Kier alpha value is -2.12. The Kier molecular flexibility index (Phi) is 4.44. The van der Waals surface area contributed by atoms with Gasteiger partial charge in [0.1, 0.15) is 5.69 Å². The Labute approximate surface area is 132 Å². The molecule has 2 N–H and O–H groups in total. The number of halogens is 2. The summed E-state index contributed by atoms with van der Waals surface area (Å²) >= 11 is 9.18. The summed E-state index contributed by atoms with van der Waals surface area (Å²) < 4.78 is 0.670. The average molecular weight is 372 g/mol. The van der Waals surface area contributed by atoms with Crippen LogP contribution in [-0.2, 0) is 0 Å². The van der Waals surface area contributed by atoms with E-state index in [-0.39, 0.29) is 16.9 Å². The lowest BCUT2D eigenvalue weighted by Gasteiger charge is -2.10. The number of nitro benzene ring substituents is 1. The number of rotatable bonds is 4. The molecule has 2 aromatic carbocycles. The Balaban J connectivity index is 2.46. The van der Waals surface area contributed by atoms with E-state index >= 15 is 0 Å².